The zero-order valence-corrected chi connectivity index (χ0v) is 22.7. The highest BCUT2D eigenvalue weighted by atomic mass is 32.1. The molecule has 0 amide bonds. The first-order valence-corrected chi connectivity index (χ1v) is 14.5. The lowest BCUT2D eigenvalue weighted by Crippen LogP contribution is -1.94. The van der Waals surface area contributed by atoms with Crippen LogP contribution in [0.3, 0.4) is 0 Å². The van der Waals surface area contributed by atoms with Gasteiger partial charge in [-0.2, -0.15) is 0 Å². The lowest BCUT2D eigenvalue weighted by atomic mass is 9.92. The van der Waals surface area contributed by atoms with Gasteiger partial charge in [-0.3, -0.25) is 9.97 Å². The van der Waals surface area contributed by atoms with Gasteiger partial charge in [0.2, 0.25) is 0 Å². The Bertz CT molecular complexity index is 2480. The Morgan fingerprint density at radius 3 is 1.90 bits per heavy atom. The van der Waals surface area contributed by atoms with Crippen LogP contribution >= 0.6 is 11.3 Å². The van der Waals surface area contributed by atoms with E-state index in [0.29, 0.717) is 0 Å². The Morgan fingerprint density at radius 2 is 1.10 bits per heavy atom. The van der Waals surface area contributed by atoms with E-state index in [4.69, 9.17) is 15.0 Å². The largest absolute Gasteiger partial charge is 0.254 e. The second kappa shape index (κ2) is 8.65. The summed E-state index contributed by atoms with van der Waals surface area (Å²) in [5.74, 6) is 0. The predicted molar refractivity (Wildman–Crippen MR) is 174 cm³/mol. The van der Waals surface area contributed by atoms with Crippen molar-refractivity contribution >= 4 is 75.0 Å². The second-order valence-corrected chi connectivity index (χ2v) is 11.4. The van der Waals surface area contributed by atoms with Gasteiger partial charge in [0.25, 0.3) is 0 Å². The van der Waals surface area contributed by atoms with Crippen molar-refractivity contribution in [1.82, 2.24) is 15.0 Å². The number of para-hydroxylation sites is 1. The van der Waals surface area contributed by atoms with Gasteiger partial charge < -0.3 is 0 Å². The Labute approximate surface area is 239 Å². The minimum atomic E-state index is 0.905. The summed E-state index contributed by atoms with van der Waals surface area (Å²) < 4.78 is 2.65. The number of nitrogens with zero attached hydrogens (tertiary/aromatic N) is 3. The number of rotatable bonds is 2. The van der Waals surface area contributed by atoms with Crippen molar-refractivity contribution in [1.29, 1.82) is 0 Å². The van der Waals surface area contributed by atoms with Crippen LogP contribution in [0.2, 0.25) is 0 Å². The maximum Gasteiger partial charge on any atom is 0.0971 e. The zero-order valence-electron chi connectivity index (χ0n) is 21.9. The highest BCUT2D eigenvalue weighted by molar-refractivity contribution is 7.26. The molecule has 0 aliphatic carbocycles. The number of hydrogen-bond acceptors (Lipinski definition) is 4. The van der Waals surface area contributed by atoms with Gasteiger partial charge in [0.15, 0.2) is 0 Å². The van der Waals surface area contributed by atoms with E-state index in [0.717, 1.165) is 49.4 Å². The molecule has 3 nitrogen and oxygen atoms in total. The zero-order chi connectivity index (χ0) is 26.9. The minimum absolute atomic E-state index is 0.905. The maximum atomic E-state index is 5.27. The molecule has 0 spiro atoms. The fourth-order valence-electron chi connectivity index (χ4n) is 6.34. The monoisotopic (exact) mass is 539 g/mol. The Kier molecular flexibility index (Phi) is 4.77. The van der Waals surface area contributed by atoms with Crippen molar-refractivity contribution < 1.29 is 0 Å². The molecule has 0 unspecified atom stereocenters. The van der Waals surface area contributed by atoms with Crippen LogP contribution in [-0.4, -0.2) is 15.0 Å². The molecule has 0 radical (unpaired) electrons. The molecule has 0 N–H and O–H groups in total. The maximum absolute atomic E-state index is 5.27. The van der Waals surface area contributed by atoms with E-state index in [9.17, 15) is 0 Å². The van der Waals surface area contributed by atoms with Crippen LogP contribution < -0.4 is 0 Å². The summed E-state index contributed by atoms with van der Waals surface area (Å²) in [5.41, 5.74) is 7.32. The Balaban J connectivity index is 1.33. The number of pyridine rings is 3. The number of fused-ring (bicyclic) bond motifs is 11. The number of thiophene rings is 1. The first kappa shape index (κ1) is 22.6. The highest BCUT2D eigenvalue weighted by Crippen LogP contribution is 2.43. The quantitative estimate of drug-likeness (QED) is 0.205. The summed E-state index contributed by atoms with van der Waals surface area (Å²) in [5, 5.41) is 8.22. The van der Waals surface area contributed by atoms with E-state index in [1.807, 2.05) is 35.9 Å². The van der Waals surface area contributed by atoms with E-state index in [1.165, 1.54) is 36.7 Å². The van der Waals surface area contributed by atoms with Gasteiger partial charge in [0.05, 0.1) is 22.2 Å². The normalized spacial score (nSPS) is 11.9. The number of aromatic nitrogens is 3. The van der Waals surface area contributed by atoms with Gasteiger partial charge in [-0.05, 0) is 35.4 Å². The molecule has 0 saturated heterocycles. The first-order valence-electron chi connectivity index (χ1n) is 13.7. The molecular weight excluding hydrogens is 518 g/mol. The van der Waals surface area contributed by atoms with Gasteiger partial charge in [0.1, 0.15) is 0 Å². The van der Waals surface area contributed by atoms with Crippen LogP contribution in [0.15, 0.2) is 128 Å². The van der Waals surface area contributed by atoms with Crippen molar-refractivity contribution in [2.45, 2.75) is 0 Å². The summed E-state index contributed by atoms with van der Waals surface area (Å²) >= 11 is 1.86. The summed E-state index contributed by atoms with van der Waals surface area (Å²) in [6.45, 7) is 0. The van der Waals surface area contributed by atoms with Crippen LogP contribution in [0.5, 0.6) is 0 Å². The van der Waals surface area contributed by atoms with Crippen molar-refractivity contribution in [3.05, 3.63) is 128 Å². The van der Waals surface area contributed by atoms with Crippen LogP contribution in [0, 0.1) is 0 Å². The molecule has 4 aromatic heterocycles. The third-order valence-electron chi connectivity index (χ3n) is 8.14. The minimum Gasteiger partial charge on any atom is -0.254 e. The Morgan fingerprint density at radius 1 is 0.463 bits per heavy atom. The SMILES string of the molecule is c1ccc2c(c1)nc(-c1ccc(-c3cccc4c3sc3ccccc34)cc1)c1c3cccnc3c3ncccc3c21. The van der Waals surface area contributed by atoms with Crippen molar-refractivity contribution in [3.8, 4) is 22.4 Å². The van der Waals surface area contributed by atoms with E-state index in [-0.39, 0.29) is 0 Å². The molecule has 0 saturated carbocycles. The first-order chi connectivity index (χ1) is 20.3. The van der Waals surface area contributed by atoms with E-state index in [1.54, 1.807) is 0 Å². The predicted octanol–water partition coefficient (Wildman–Crippen LogP) is 10.2. The van der Waals surface area contributed by atoms with Crippen molar-refractivity contribution in [2.75, 3.05) is 0 Å². The van der Waals surface area contributed by atoms with Crippen LogP contribution in [0.25, 0.3) is 86.0 Å². The standard InChI is InChI=1S/C37H21N3S/c1-3-14-30-27(9-1)32-28-12-6-20-38-35(28)36-29(13-7-21-39-36)33(32)34(40-30)23-18-16-22(17-19-23)24-10-5-11-26-25-8-2-4-15-31(25)41-37(24)26/h1-21H. The molecule has 0 fully saturated rings. The Hall–Kier alpha value is -5.19. The smallest absolute Gasteiger partial charge is 0.0971 e. The highest BCUT2D eigenvalue weighted by Gasteiger charge is 2.18. The molecule has 41 heavy (non-hydrogen) atoms. The van der Waals surface area contributed by atoms with Gasteiger partial charge in [0, 0.05) is 65.1 Å². The molecule has 0 aliphatic heterocycles. The van der Waals surface area contributed by atoms with E-state index in [2.05, 4.69) is 103 Å². The number of hydrogen-bond donors (Lipinski definition) is 0. The second-order valence-electron chi connectivity index (χ2n) is 10.4. The molecular formula is C37H21N3S. The fraction of sp³-hybridized carbons (Fsp3) is 0. The van der Waals surface area contributed by atoms with Gasteiger partial charge in [-0.1, -0.05) is 91.0 Å². The summed E-state index contributed by atoms with van der Waals surface area (Å²) in [6, 6.07) is 40.9. The van der Waals surface area contributed by atoms with Gasteiger partial charge in [-0.25, -0.2) is 4.98 Å². The van der Waals surface area contributed by atoms with E-state index >= 15 is 0 Å². The molecule has 9 rings (SSSR count). The molecule has 4 heterocycles. The van der Waals surface area contributed by atoms with Gasteiger partial charge >= 0.3 is 0 Å². The molecule has 4 heteroatoms. The van der Waals surface area contributed by atoms with Crippen molar-refractivity contribution in [2.24, 2.45) is 0 Å². The lowest BCUT2D eigenvalue weighted by Gasteiger charge is -2.15. The molecule has 9 aromatic rings. The molecule has 0 bridgehead atoms. The van der Waals surface area contributed by atoms with Crippen LogP contribution in [0.1, 0.15) is 0 Å². The average molecular weight is 540 g/mol. The van der Waals surface area contributed by atoms with Crippen LogP contribution in [0.4, 0.5) is 0 Å². The average Bonchev–Trinajstić information content (AvgIpc) is 3.43. The molecule has 0 aliphatic rings. The third kappa shape index (κ3) is 3.28. The summed E-state index contributed by atoms with van der Waals surface area (Å²) in [6.07, 6.45) is 3.70. The van der Waals surface area contributed by atoms with Gasteiger partial charge in [-0.15, -0.1) is 11.3 Å². The summed E-state index contributed by atoms with van der Waals surface area (Å²) in [7, 11) is 0. The molecule has 190 valence electrons. The molecule has 0 atom stereocenters. The number of benzene rings is 5. The summed E-state index contributed by atoms with van der Waals surface area (Å²) in [4.78, 5) is 14.8. The van der Waals surface area contributed by atoms with Crippen molar-refractivity contribution in [3.63, 3.8) is 0 Å². The lowest BCUT2D eigenvalue weighted by molar-refractivity contribution is 1.38. The topological polar surface area (TPSA) is 38.7 Å². The molecule has 5 aromatic carbocycles. The fourth-order valence-corrected chi connectivity index (χ4v) is 7.57. The van der Waals surface area contributed by atoms with Crippen LogP contribution in [-0.2, 0) is 0 Å². The third-order valence-corrected chi connectivity index (χ3v) is 9.36. The van der Waals surface area contributed by atoms with E-state index < -0.39 is 0 Å².